The van der Waals surface area contributed by atoms with E-state index in [4.69, 9.17) is 4.74 Å². The molecule has 4 rings (SSSR count). The van der Waals surface area contributed by atoms with Crippen LogP contribution in [0.4, 0.5) is 10.6 Å². The number of ether oxygens (including phenoxy) is 1. The fourth-order valence-corrected chi connectivity index (χ4v) is 4.21. The first-order chi connectivity index (χ1) is 16.2. The molecule has 172 valence electrons. The molecule has 0 unspecified atom stereocenters. The van der Waals surface area contributed by atoms with Crippen molar-refractivity contribution >= 4 is 11.9 Å². The molecule has 7 heteroatoms. The van der Waals surface area contributed by atoms with Gasteiger partial charge < -0.3 is 9.64 Å². The van der Waals surface area contributed by atoms with Gasteiger partial charge in [-0.25, -0.2) is 9.59 Å². The van der Waals surface area contributed by atoms with Gasteiger partial charge in [0.2, 0.25) is 0 Å². The van der Waals surface area contributed by atoms with Gasteiger partial charge in [0.1, 0.15) is 12.4 Å². The first-order valence-electron chi connectivity index (χ1n) is 11.5. The second-order valence-corrected chi connectivity index (χ2v) is 8.36. The zero-order valence-corrected chi connectivity index (χ0v) is 18.7. The average Bonchev–Trinajstić information content (AvgIpc) is 2.86. The topological polar surface area (TPSA) is 76.5 Å². The molecule has 1 aliphatic heterocycles. The van der Waals surface area contributed by atoms with Crippen LogP contribution in [-0.4, -0.2) is 40.2 Å². The molecule has 1 saturated heterocycles. The predicted octanol–water partition coefficient (Wildman–Crippen LogP) is 4.26. The zero-order valence-electron chi connectivity index (χ0n) is 18.7. The summed E-state index contributed by atoms with van der Waals surface area (Å²) in [5.74, 6) is 0.839. The molecular formula is C26H30N4O3. The summed E-state index contributed by atoms with van der Waals surface area (Å²) in [5, 5.41) is 2.51. The Balaban J connectivity index is 1.18. The van der Waals surface area contributed by atoms with Crippen molar-refractivity contribution < 1.29 is 9.53 Å². The van der Waals surface area contributed by atoms with E-state index in [1.54, 1.807) is 16.8 Å². The smallest absolute Gasteiger partial charge is 0.413 e. The van der Waals surface area contributed by atoms with Gasteiger partial charge in [0.15, 0.2) is 0 Å². The van der Waals surface area contributed by atoms with Crippen molar-refractivity contribution in [1.82, 2.24) is 14.5 Å². The number of likely N-dealkylation sites (tertiary alicyclic amines) is 1. The van der Waals surface area contributed by atoms with Gasteiger partial charge in [0.05, 0.1) is 0 Å². The lowest BCUT2D eigenvalue weighted by atomic mass is 9.89. The van der Waals surface area contributed by atoms with Gasteiger partial charge in [-0.05, 0) is 62.0 Å². The number of anilines is 1. The Bertz CT molecular complexity index is 1080. The third-order valence-corrected chi connectivity index (χ3v) is 6.05. The lowest BCUT2D eigenvalue weighted by Crippen LogP contribution is -2.34. The predicted molar refractivity (Wildman–Crippen MR) is 128 cm³/mol. The van der Waals surface area contributed by atoms with Crippen LogP contribution in [0.3, 0.4) is 0 Å². The van der Waals surface area contributed by atoms with Crippen molar-refractivity contribution in [3.63, 3.8) is 0 Å². The molecule has 0 radical (unpaired) electrons. The highest BCUT2D eigenvalue weighted by atomic mass is 16.5. The van der Waals surface area contributed by atoms with Crippen molar-refractivity contribution in [1.29, 1.82) is 0 Å². The Morgan fingerprint density at radius 3 is 2.36 bits per heavy atom. The second kappa shape index (κ2) is 11.4. The van der Waals surface area contributed by atoms with Crippen LogP contribution in [0.25, 0.3) is 0 Å². The van der Waals surface area contributed by atoms with E-state index < -0.39 is 6.09 Å². The van der Waals surface area contributed by atoms with Gasteiger partial charge in [0, 0.05) is 12.7 Å². The number of nitrogens with zero attached hydrogens (tertiary/aromatic N) is 3. The van der Waals surface area contributed by atoms with Crippen molar-refractivity contribution in [3.8, 4) is 0 Å². The number of aryl methyl sites for hydroxylation is 1. The highest BCUT2D eigenvalue weighted by Gasteiger charge is 2.20. The summed E-state index contributed by atoms with van der Waals surface area (Å²) in [6, 6.07) is 21.8. The van der Waals surface area contributed by atoms with Crippen molar-refractivity contribution in [2.75, 3.05) is 25.0 Å². The molecule has 0 bridgehead atoms. The Morgan fingerprint density at radius 1 is 0.970 bits per heavy atom. The lowest BCUT2D eigenvalue weighted by Gasteiger charge is -2.32. The maximum Gasteiger partial charge on any atom is 0.413 e. The van der Waals surface area contributed by atoms with E-state index in [1.807, 2.05) is 30.3 Å². The standard InChI is InChI=1S/C26H30N4O3/c31-25-27-24(28-26(32)33-20-21-8-3-1-4-9-21)14-19-30(25)16-7-15-29-17-12-23(13-18-29)22-10-5-2-6-11-22/h1-6,8-11,14,19,23H,7,12-13,15-18,20H2,(H,27,28,31,32). The van der Waals surface area contributed by atoms with Crippen LogP contribution in [0.15, 0.2) is 77.7 Å². The largest absolute Gasteiger partial charge is 0.444 e. The average molecular weight is 447 g/mol. The number of carbonyl (C=O) groups excluding carboxylic acids is 1. The van der Waals surface area contributed by atoms with Gasteiger partial charge in [-0.2, -0.15) is 4.98 Å². The third kappa shape index (κ3) is 6.76. The summed E-state index contributed by atoms with van der Waals surface area (Å²) in [5.41, 5.74) is 1.95. The van der Waals surface area contributed by atoms with E-state index in [0.717, 1.165) is 31.6 Å². The summed E-state index contributed by atoms with van der Waals surface area (Å²) in [6.07, 6.45) is 4.26. The third-order valence-electron chi connectivity index (χ3n) is 6.05. The molecule has 1 aromatic heterocycles. The maximum absolute atomic E-state index is 12.3. The highest BCUT2D eigenvalue weighted by molar-refractivity contribution is 5.83. The molecule has 0 spiro atoms. The first-order valence-corrected chi connectivity index (χ1v) is 11.5. The van der Waals surface area contributed by atoms with Gasteiger partial charge in [-0.15, -0.1) is 0 Å². The highest BCUT2D eigenvalue weighted by Crippen LogP contribution is 2.27. The SMILES string of the molecule is O=C(Nc1ccn(CCCN2CCC(c3ccccc3)CC2)c(=O)n1)OCc1ccccc1. The molecular weight excluding hydrogens is 416 g/mol. The van der Waals surface area contributed by atoms with Crippen LogP contribution < -0.4 is 11.0 Å². The van der Waals surface area contributed by atoms with E-state index in [-0.39, 0.29) is 18.1 Å². The minimum Gasteiger partial charge on any atom is -0.444 e. The lowest BCUT2D eigenvalue weighted by molar-refractivity contribution is 0.155. The Kier molecular flexibility index (Phi) is 7.87. The number of carbonyl (C=O) groups is 1. The molecule has 2 heterocycles. The van der Waals surface area contributed by atoms with E-state index >= 15 is 0 Å². The van der Waals surface area contributed by atoms with Crippen LogP contribution in [0.1, 0.15) is 36.3 Å². The van der Waals surface area contributed by atoms with Crippen LogP contribution in [0.5, 0.6) is 0 Å². The monoisotopic (exact) mass is 446 g/mol. The minimum absolute atomic E-state index is 0.159. The molecule has 1 aliphatic rings. The molecule has 3 aromatic rings. The summed E-state index contributed by atoms with van der Waals surface area (Å²) < 4.78 is 6.75. The van der Waals surface area contributed by atoms with E-state index in [0.29, 0.717) is 12.5 Å². The maximum atomic E-state index is 12.3. The molecule has 33 heavy (non-hydrogen) atoms. The first kappa shape index (κ1) is 22.7. The van der Waals surface area contributed by atoms with Crippen LogP contribution in [0.2, 0.25) is 0 Å². The van der Waals surface area contributed by atoms with Gasteiger partial charge >= 0.3 is 11.8 Å². The Morgan fingerprint density at radius 2 is 1.67 bits per heavy atom. The molecule has 0 atom stereocenters. The van der Waals surface area contributed by atoms with Crippen LogP contribution in [-0.2, 0) is 17.9 Å². The summed E-state index contributed by atoms with van der Waals surface area (Å²) in [6.45, 7) is 3.89. The molecule has 2 aromatic carbocycles. The number of rotatable bonds is 8. The summed E-state index contributed by atoms with van der Waals surface area (Å²) >= 11 is 0. The number of piperidine rings is 1. The molecule has 1 fully saturated rings. The van der Waals surface area contributed by atoms with Crippen LogP contribution in [0, 0.1) is 0 Å². The van der Waals surface area contributed by atoms with Crippen molar-refractivity contribution in [2.24, 2.45) is 0 Å². The van der Waals surface area contributed by atoms with Gasteiger partial charge in [0.25, 0.3) is 0 Å². The van der Waals surface area contributed by atoms with E-state index in [1.165, 1.54) is 18.4 Å². The number of hydrogen-bond acceptors (Lipinski definition) is 5. The number of aromatic nitrogens is 2. The number of amides is 1. The Labute approximate surface area is 194 Å². The number of benzene rings is 2. The van der Waals surface area contributed by atoms with Crippen molar-refractivity contribution in [2.45, 2.75) is 38.3 Å². The van der Waals surface area contributed by atoms with Gasteiger partial charge in [-0.1, -0.05) is 60.7 Å². The van der Waals surface area contributed by atoms with Gasteiger partial charge in [-0.3, -0.25) is 9.88 Å². The minimum atomic E-state index is -0.637. The molecule has 7 nitrogen and oxygen atoms in total. The summed E-state index contributed by atoms with van der Waals surface area (Å²) in [4.78, 5) is 30.7. The second-order valence-electron chi connectivity index (χ2n) is 8.36. The molecule has 0 saturated carbocycles. The van der Waals surface area contributed by atoms with E-state index in [2.05, 4.69) is 45.5 Å². The molecule has 1 amide bonds. The molecule has 1 N–H and O–H groups in total. The number of nitrogens with one attached hydrogen (secondary N) is 1. The van der Waals surface area contributed by atoms with Crippen molar-refractivity contribution in [3.05, 3.63) is 94.5 Å². The normalized spacial score (nSPS) is 14.7. The zero-order chi connectivity index (χ0) is 22.9. The summed E-state index contributed by atoms with van der Waals surface area (Å²) in [7, 11) is 0. The quantitative estimate of drug-likeness (QED) is 0.559. The number of hydrogen-bond donors (Lipinski definition) is 1. The Hall–Kier alpha value is -3.45. The fourth-order valence-electron chi connectivity index (χ4n) is 4.21. The van der Waals surface area contributed by atoms with E-state index in [9.17, 15) is 9.59 Å². The fraction of sp³-hybridized carbons (Fsp3) is 0.346. The molecule has 0 aliphatic carbocycles. The van der Waals surface area contributed by atoms with Crippen LogP contribution >= 0.6 is 0 Å².